The first-order chi connectivity index (χ1) is 13.8. The van der Waals surface area contributed by atoms with Crippen LogP contribution in [-0.2, 0) is 13.1 Å². The van der Waals surface area contributed by atoms with Crippen molar-refractivity contribution in [2.24, 2.45) is 4.99 Å². The summed E-state index contributed by atoms with van der Waals surface area (Å²) >= 11 is 0. The van der Waals surface area contributed by atoms with Gasteiger partial charge in [-0.1, -0.05) is 43.0 Å². The fourth-order valence-corrected chi connectivity index (χ4v) is 2.63. The molecule has 0 radical (unpaired) electrons. The van der Waals surface area contributed by atoms with Crippen molar-refractivity contribution in [3.05, 3.63) is 85.0 Å². The van der Waals surface area contributed by atoms with Gasteiger partial charge in [0, 0.05) is 25.7 Å². The summed E-state index contributed by atoms with van der Waals surface area (Å²) in [4.78, 5) is 8.24. The number of nitrogens with one attached hydrogen (secondary N) is 2. The maximum atomic E-state index is 5.69. The lowest BCUT2D eigenvalue weighted by Crippen LogP contribution is -2.36. The van der Waals surface area contributed by atoms with Crippen molar-refractivity contribution >= 4 is 5.96 Å². The first kappa shape index (κ1) is 19.2. The molecule has 0 spiro atoms. The highest BCUT2D eigenvalue weighted by molar-refractivity contribution is 5.79. The molecule has 7 nitrogen and oxygen atoms in total. The van der Waals surface area contributed by atoms with E-state index in [0.717, 1.165) is 28.5 Å². The van der Waals surface area contributed by atoms with Crippen LogP contribution in [0.1, 0.15) is 11.1 Å². The van der Waals surface area contributed by atoms with E-state index in [1.807, 2.05) is 36.4 Å². The zero-order valence-electron chi connectivity index (χ0n) is 15.9. The monoisotopic (exact) mass is 376 g/mol. The van der Waals surface area contributed by atoms with Crippen molar-refractivity contribution in [1.29, 1.82) is 0 Å². The zero-order valence-corrected chi connectivity index (χ0v) is 15.9. The predicted octanol–water partition coefficient (Wildman–Crippen LogP) is 2.70. The third-order valence-electron chi connectivity index (χ3n) is 4.08. The second-order valence-electron chi connectivity index (χ2n) is 5.99. The van der Waals surface area contributed by atoms with Crippen LogP contribution in [0.2, 0.25) is 0 Å². The van der Waals surface area contributed by atoms with Crippen LogP contribution in [0, 0.1) is 0 Å². The number of guanidine groups is 1. The van der Waals surface area contributed by atoms with Gasteiger partial charge in [-0.25, -0.2) is 9.67 Å². The number of rotatable bonds is 8. The first-order valence-corrected chi connectivity index (χ1v) is 9.00. The Balaban J connectivity index is 1.53. The van der Waals surface area contributed by atoms with Gasteiger partial charge >= 0.3 is 0 Å². The molecule has 0 saturated heterocycles. The van der Waals surface area contributed by atoms with Crippen LogP contribution in [-0.4, -0.2) is 34.4 Å². The van der Waals surface area contributed by atoms with Gasteiger partial charge in [0.25, 0.3) is 0 Å². The van der Waals surface area contributed by atoms with Gasteiger partial charge in [0.2, 0.25) is 0 Å². The Morgan fingerprint density at radius 1 is 1.14 bits per heavy atom. The summed E-state index contributed by atoms with van der Waals surface area (Å²) in [5, 5.41) is 10.8. The molecule has 3 rings (SSSR count). The molecule has 2 N–H and O–H groups in total. The van der Waals surface area contributed by atoms with E-state index in [1.54, 1.807) is 24.1 Å². The van der Waals surface area contributed by atoms with E-state index in [2.05, 4.69) is 44.4 Å². The molecule has 0 amide bonds. The maximum Gasteiger partial charge on any atom is 0.191 e. The van der Waals surface area contributed by atoms with Crippen molar-refractivity contribution in [3.8, 4) is 11.4 Å². The smallest absolute Gasteiger partial charge is 0.191 e. The van der Waals surface area contributed by atoms with E-state index >= 15 is 0 Å². The van der Waals surface area contributed by atoms with E-state index < -0.39 is 0 Å². The van der Waals surface area contributed by atoms with E-state index in [-0.39, 0.29) is 0 Å². The summed E-state index contributed by atoms with van der Waals surface area (Å²) < 4.78 is 7.42. The van der Waals surface area contributed by atoms with E-state index in [9.17, 15) is 0 Å². The number of ether oxygens (including phenoxy) is 1. The summed E-state index contributed by atoms with van der Waals surface area (Å²) in [5.74, 6) is 1.56. The average molecular weight is 376 g/mol. The topological polar surface area (TPSA) is 76.4 Å². The Bertz CT molecular complexity index is 903. The molecule has 2 aromatic carbocycles. The van der Waals surface area contributed by atoms with Crippen LogP contribution in [0.5, 0.6) is 5.75 Å². The lowest BCUT2D eigenvalue weighted by Gasteiger charge is -2.14. The number of benzene rings is 2. The first-order valence-electron chi connectivity index (χ1n) is 9.00. The van der Waals surface area contributed by atoms with E-state index in [0.29, 0.717) is 19.7 Å². The molecule has 1 aromatic heterocycles. The van der Waals surface area contributed by atoms with Crippen molar-refractivity contribution in [1.82, 2.24) is 25.4 Å². The van der Waals surface area contributed by atoms with Gasteiger partial charge in [0.15, 0.2) is 5.96 Å². The molecule has 3 aromatic rings. The molecule has 0 aliphatic heterocycles. The number of para-hydroxylation sites is 1. The van der Waals surface area contributed by atoms with Crippen LogP contribution >= 0.6 is 0 Å². The van der Waals surface area contributed by atoms with Gasteiger partial charge in [0.1, 0.15) is 25.0 Å². The molecule has 0 unspecified atom stereocenters. The molecule has 0 saturated carbocycles. The molecule has 7 heteroatoms. The minimum absolute atomic E-state index is 0.481. The highest BCUT2D eigenvalue weighted by Crippen LogP contribution is 2.17. The highest BCUT2D eigenvalue weighted by atomic mass is 16.5. The molecule has 28 heavy (non-hydrogen) atoms. The van der Waals surface area contributed by atoms with E-state index in [1.165, 1.54) is 6.33 Å². The van der Waals surface area contributed by atoms with Crippen molar-refractivity contribution < 1.29 is 4.74 Å². The normalized spacial score (nSPS) is 11.1. The third-order valence-corrected chi connectivity index (χ3v) is 4.08. The minimum Gasteiger partial charge on any atom is -0.489 e. The summed E-state index contributed by atoms with van der Waals surface area (Å²) in [6.07, 6.45) is 4.93. The number of aliphatic imine (C=N–C) groups is 1. The van der Waals surface area contributed by atoms with Gasteiger partial charge < -0.3 is 15.4 Å². The Morgan fingerprint density at radius 3 is 2.64 bits per heavy atom. The minimum atomic E-state index is 0.481. The third kappa shape index (κ3) is 5.20. The van der Waals surface area contributed by atoms with Crippen molar-refractivity contribution in [2.45, 2.75) is 13.1 Å². The van der Waals surface area contributed by atoms with Crippen LogP contribution in [0.25, 0.3) is 5.69 Å². The van der Waals surface area contributed by atoms with E-state index in [4.69, 9.17) is 4.74 Å². The molecular formula is C21H24N6O. The fraction of sp³-hybridized carbons (Fsp3) is 0.190. The standard InChI is InChI=1S/C21H24N6O/c1-3-12-28-20-7-5-4-6-18(20)14-25-21(22-2)24-13-17-8-10-19(11-9-17)27-16-23-15-26-27/h3-11,15-16H,1,12-14H2,2H3,(H2,22,24,25). The van der Waals surface area contributed by atoms with Crippen molar-refractivity contribution in [2.75, 3.05) is 13.7 Å². The largest absolute Gasteiger partial charge is 0.489 e. The lowest BCUT2D eigenvalue weighted by molar-refractivity contribution is 0.358. The molecule has 0 fully saturated rings. The van der Waals surface area contributed by atoms with Crippen LogP contribution in [0.15, 0.2) is 78.8 Å². The summed E-state index contributed by atoms with van der Waals surface area (Å²) in [6.45, 7) is 5.44. The summed E-state index contributed by atoms with van der Waals surface area (Å²) in [6, 6.07) is 16.0. The quantitative estimate of drug-likeness (QED) is 0.359. The molecule has 0 atom stereocenters. The zero-order chi connectivity index (χ0) is 19.6. The second kappa shape index (κ2) is 9.91. The molecule has 0 aliphatic rings. The predicted molar refractivity (Wildman–Crippen MR) is 111 cm³/mol. The van der Waals surface area contributed by atoms with Gasteiger partial charge in [-0.2, -0.15) is 5.10 Å². The van der Waals surface area contributed by atoms with Crippen LogP contribution < -0.4 is 15.4 Å². The van der Waals surface area contributed by atoms with Crippen molar-refractivity contribution in [3.63, 3.8) is 0 Å². The summed E-state index contributed by atoms with van der Waals surface area (Å²) in [7, 11) is 1.75. The molecule has 144 valence electrons. The maximum absolute atomic E-state index is 5.69. The summed E-state index contributed by atoms with van der Waals surface area (Å²) in [5.41, 5.74) is 3.17. The molecule has 0 bridgehead atoms. The van der Waals surface area contributed by atoms with Gasteiger partial charge in [-0.3, -0.25) is 4.99 Å². The number of aromatic nitrogens is 3. The Kier molecular flexibility index (Phi) is 6.78. The fourth-order valence-electron chi connectivity index (χ4n) is 2.63. The molecule has 1 heterocycles. The molecule has 0 aliphatic carbocycles. The average Bonchev–Trinajstić information content (AvgIpc) is 3.28. The van der Waals surface area contributed by atoms with Crippen LogP contribution in [0.4, 0.5) is 0 Å². The number of hydrogen-bond acceptors (Lipinski definition) is 4. The SMILES string of the molecule is C=CCOc1ccccc1CNC(=NC)NCc1ccc(-n2cncn2)cc1. The van der Waals surface area contributed by atoms with Gasteiger partial charge in [-0.15, -0.1) is 0 Å². The Hall–Kier alpha value is -3.61. The lowest BCUT2D eigenvalue weighted by atomic mass is 10.2. The Labute approximate surface area is 164 Å². The second-order valence-corrected chi connectivity index (χ2v) is 5.99. The Morgan fingerprint density at radius 2 is 1.93 bits per heavy atom. The molecular weight excluding hydrogens is 352 g/mol. The van der Waals surface area contributed by atoms with Gasteiger partial charge in [0.05, 0.1) is 5.69 Å². The number of hydrogen-bond donors (Lipinski definition) is 2. The number of nitrogens with zero attached hydrogens (tertiary/aromatic N) is 4. The highest BCUT2D eigenvalue weighted by Gasteiger charge is 2.05. The van der Waals surface area contributed by atoms with Gasteiger partial charge in [-0.05, 0) is 23.8 Å². The van der Waals surface area contributed by atoms with Crippen LogP contribution in [0.3, 0.4) is 0 Å².